The lowest BCUT2D eigenvalue weighted by molar-refractivity contribution is -0.139. The molecule has 2 saturated heterocycles. The van der Waals surface area contributed by atoms with Gasteiger partial charge >= 0.3 is 6.03 Å². The van der Waals surface area contributed by atoms with Crippen molar-refractivity contribution in [2.75, 3.05) is 39.3 Å². The minimum absolute atomic E-state index is 0.0687. The summed E-state index contributed by atoms with van der Waals surface area (Å²) in [4.78, 5) is 39.5. The van der Waals surface area contributed by atoms with Gasteiger partial charge in [0.1, 0.15) is 0 Å². The molecule has 7 nitrogen and oxygen atoms in total. The fourth-order valence-corrected chi connectivity index (χ4v) is 2.52. The van der Waals surface area contributed by atoms with Gasteiger partial charge in [0.15, 0.2) is 0 Å². The van der Waals surface area contributed by atoms with Gasteiger partial charge in [0.2, 0.25) is 11.8 Å². The van der Waals surface area contributed by atoms with Crippen molar-refractivity contribution in [2.45, 2.75) is 41.0 Å². The largest absolute Gasteiger partial charge is 0.351 e. The van der Waals surface area contributed by atoms with E-state index in [9.17, 15) is 14.4 Å². The lowest BCUT2D eigenvalue weighted by atomic mass is 10.1. The fraction of sp³-hybridized carbons (Fsp3) is 0.812. The zero-order valence-electron chi connectivity index (χ0n) is 15.2. The number of nitrogens with zero attached hydrogens (tertiary/aromatic N) is 3. The maximum Gasteiger partial charge on any atom is 0.314 e. The number of likely N-dealkylation sites (tertiary alicyclic amines) is 1. The van der Waals surface area contributed by atoms with Crippen molar-refractivity contribution in [2.24, 2.45) is 11.7 Å². The van der Waals surface area contributed by atoms with E-state index in [-0.39, 0.29) is 17.7 Å². The van der Waals surface area contributed by atoms with Crippen molar-refractivity contribution in [3.05, 3.63) is 0 Å². The number of hydrogen-bond acceptors (Lipinski definition) is 4. The molecule has 1 atom stereocenters. The number of piperazine rings is 1. The molecule has 134 valence electrons. The molecule has 0 radical (unpaired) electrons. The average molecular weight is 328 g/mol. The Morgan fingerprint density at radius 3 is 1.96 bits per heavy atom. The Bertz CT molecular complexity index is 393. The van der Waals surface area contributed by atoms with Gasteiger partial charge in [0.05, 0.1) is 0 Å². The number of carbonyl (C=O) groups is 3. The van der Waals surface area contributed by atoms with Gasteiger partial charge in [0.25, 0.3) is 0 Å². The molecule has 2 heterocycles. The van der Waals surface area contributed by atoms with Gasteiger partial charge in [-0.3, -0.25) is 19.4 Å². The molecule has 23 heavy (non-hydrogen) atoms. The fourth-order valence-electron chi connectivity index (χ4n) is 2.52. The first-order valence-corrected chi connectivity index (χ1v) is 8.60. The topological polar surface area (TPSA) is 86.9 Å². The Hall–Kier alpha value is -1.63. The molecule has 0 aromatic heterocycles. The molecule has 0 aromatic carbocycles. The third kappa shape index (κ3) is 6.17. The van der Waals surface area contributed by atoms with Gasteiger partial charge in [0, 0.05) is 51.6 Å². The molecule has 0 bridgehead atoms. The van der Waals surface area contributed by atoms with Crippen LogP contribution in [-0.2, 0) is 9.59 Å². The van der Waals surface area contributed by atoms with E-state index >= 15 is 0 Å². The monoisotopic (exact) mass is 328 g/mol. The average Bonchev–Trinajstić information content (AvgIpc) is 2.82. The van der Waals surface area contributed by atoms with E-state index in [1.54, 1.807) is 11.8 Å². The predicted molar refractivity (Wildman–Crippen MR) is 90.8 cm³/mol. The molecule has 2 aliphatic heterocycles. The van der Waals surface area contributed by atoms with E-state index in [1.165, 1.54) is 4.90 Å². The molecule has 2 rings (SSSR count). The third-order valence-electron chi connectivity index (χ3n) is 3.79. The van der Waals surface area contributed by atoms with Gasteiger partial charge in [-0.05, 0) is 0 Å². The Morgan fingerprint density at radius 1 is 1.04 bits per heavy atom. The SMILES string of the molecule is CC.CC.CC1CC(=O)N(CCN2CCN(C(N)=O)CC2)C1=O. The lowest BCUT2D eigenvalue weighted by Crippen LogP contribution is -2.52. The summed E-state index contributed by atoms with van der Waals surface area (Å²) in [6.07, 6.45) is 0.328. The highest BCUT2D eigenvalue weighted by Gasteiger charge is 2.35. The minimum Gasteiger partial charge on any atom is -0.351 e. The van der Waals surface area contributed by atoms with Crippen LogP contribution in [0.4, 0.5) is 4.79 Å². The van der Waals surface area contributed by atoms with Crippen molar-refractivity contribution in [1.82, 2.24) is 14.7 Å². The Morgan fingerprint density at radius 2 is 1.57 bits per heavy atom. The maximum atomic E-state index is 11.7. The molecule has 2 aliphatic rings. The summed E-state index contributed by atoms with van der Waals surface area (Å²) >= 11 is 0. The molecular weight excluding hydrogens is 296 g/mol. The maximum absolute atomic E-state index is 11.7. The van der Waals surface area contributed by atoms with E-state index in [0.29, 0.717) is 32.6 Å². The molecular formula is C16H32N4O3. The number of primary amides is 1. The van der Waals surface area contributed by atoms with E-state index < -0.39 is 6.03 Å². The number of carbonyl (C=O) groups excluding carboxylic acids is 3. The number of amides is 4. The van der Waals surface area contributed by atoms with Gasteiger partial charge < -0.3 is 10.6 Å². The first-order chi connectivity index (χ1) is 11.0. The Balaban J connectivity index is 0.00000112. The molecule has 0 saturated carbocycles. The standard InChI is InChI=1S/C12H20N4O3.2C2H6/c1-9-8-10(17)16(11(9)18)7-4-14-2-5-15(6-3-14)12(13)19;2*1-2/h9H,2-8H2,1H3,(H2,13,19);2*1-2H3. The van der Waals surface area contributed by atoms with Crippen LogP contribution in [0.25, 0.3) is 0 Å². The number of rotatable bonds is 3. The third-order valence-corrected chi connectivity index (χ3v) is 3.79. The molecule has 0 spiro atoms. The molecule has 4 amide bonds. The van der Waals surface area contributed by atoms with E-state index in [4.69, 9.17) is 5.73 Å². The second kappa shape index (κ2) is 11.0. The first kappa shape index (κ1) is 21.4. The van der Waals surface area contributed by atoms with Crippen molar-refractivity contribution in [3.63, 3.8) is 0 Å². The van der Waals surface area contributed by atoms with Crippen molar-refractivity contribution in [1.29, 1.82) is 0 Å². The summed E-state index contributed by atoms with van der Waals surface area (Å²) in [7, 11) is 0. The van der Waals surface area contributed by atoms with Crippen LogP contribution in [0, 0.1) is 5.92 Å². The van der Waals surface area contributed by atoms with E-state index in [2.05, 4.69) is 4.90 Å². The number of nitrogens with two attached hydrogens (primary N) is 1. The van der Waals surface area contributed by atoms with Crippen LogP contribution in [0.2, 0.25) is 0 Å². The van der Waals surface area contributed by atoms with Gasteiger partial charge in [-0.25, -0.2) is 4.79 Å². The van der Waals surface area contributed by atoms with Gasteiger partial charge in [-0.2, -0.15) is 0 Å². The smallest absolute Gasteiger partial charge is 0.314 e. The van der Waals surface area contributed by atoms with Gasteiger partial charge in [-0.15, -0.1) is 0 Å². The molecule has 1 unspecified atom stereocenters. The van der Waals surface area contributed by atoms with Crippen LogP contribution in [0.5, 0.6) is 0 Å². The normalized spacial score (nSPS) is 21.3. The number of imide groups is 1. The summed E-state index contributed by atoms with van der Waals surface area (Å²) in [6, 6.07) is -0.390. The highest BCUT2D eigenvalue weighted by atomic mass is 16.2. The summed E-state index contributed by atoms with van der Waals surface area (Å²) in [5, 5.41) is 0. The van der Waals surface area contributed by atoms with Crippen molar-refractivity contribution < 1.29 is 14.4 Å². The molecule has 7 heteroatoms. The second-order valence-corrected chi connectivity index (χ2v) is 5.16. The minimum atomic E-state index is -0.390. The predicted octanol–water partition coefficient (Wildman–Crippen LogP) is 1.13. The van der Waals surface area contributed by atoms with Crippen LogP contribution in [0.1, 0.15) is 41.0 Å². The molecule has 2 fully saturated rings. The summed E-state index contributed by atoms with van der Waals surface area (Å²) in [6.45, 7) is 13.6. The zero-order valence-corrected chi connectivity index (χ0v) is 15.2. The van der Waals surface area contributed by atoms with Gasteiger partial charge in [-0.1, -0.05) is 34.6 Å². The van der Waals surface area contributed by atoms with Crippen LogP contribution in [0.3, 0.4) is 0 Å². The quantitative estimate of drug-likeness (QED) is 0.787. The van der Waals surface area contributed by atoms with Crippen LogP contribution >= 0.6 is 0 Å². The van der Waals surface area contributed by atoms with E-state index in [0.717, 1.165) is 13.1 Å². The Kier molecular flexibility index (Phi) is 10.2. The van der Waals surface area contributed by atoms with Crippen molar-refractivity contribution >= 4 is 17.8 Å². The highest BCUT2D eigenvalue weighted by Crippen LogP contribution is 2.18. The highest BCUT2D eigenvalue weighted by molar-refractivity contribution is 6.03. The number of urea groups is 1. The summed E-state index contributed by atoms with van der Waals surface area (Å²) < 4.78 is 0. The first-order valence-electron chi connectivity index (χ1n) is 8.60. The van der Waals surface area contributed by atoms with E-state index in [1.807, 2.05) is 27.7 Å². The van der Waals surface area contributed by atoms with Crippen LogP contribution in [-0.4, -0.2) is 71.8 Å². The molecule has 0 aromatic rings. The second-order valence-electron chi connectivity index (χ2n) is 5.16. The lowest BCUT2D eigenvalue weighted by Gasteiger charge is -2.34. The Labute approximate surface area is 139 Å². The summed E-state index contributed by atoms with van der Waals surface area (Å²) in [5.41, 5.74) is 5.21. The zero-order chi connectivity index (χ0) is 18.0. The molecule has 0 aliphatic carbocycles. The van der Waals surface area contributed by atoms with Crippen LogP contribution < -0.4 is 5.73 Å². The summed E-state index contributed by atoms with van der Waals surface area (Å²) in [5.74, 6) is -0.326. The molecule has 2 N–H and O–H groups in total. The number of hydrogen-bond donors (Lipinski definition) is 1. The van der Waals surface area contributed by atoms with Crippen LogP contribution in [0.15, 0.2) is 0 Å². The van der Waals surface area contributed by atoms with Crippen molar-refractivity contribution in [3.8, 4) is 0 Å².